The van der Waals surface area contributed by atoms with Gasteiger partial charge in [0.15, 0.2) is 0 Å². The highest BCUT2D eigenvalue weighted by Gasteiger charge is 2.19. The molecular weight excluding hydrogens is 350 g/mol. The number of nitrogens with zero attached hydrogens (tertiary/aromatic N) is 3. The van der Waals surface area contributed by atoms with E-state index in [1.165, 1.54) is 11.3 Å². The van der Waals surface area contributed by atoms with E-state index in [0.29, 0.717) is 6.54 Å². The number of benzene rings is 1. The quantitative estimate of drug-likeness (QED) is 0.741. The van der Waals surface area contributed by atoms with E-state index in [0.717, 1.165) is 47.5 Å². The maximum atomic E-state index is 12.8. The van der Waals surface area contributed by atoms with Crippen LogP contribution in [-0.4, -0.2) is 26.8 Å². The predicted octanol–water partition coefficient (Wildman–Crippen LogP) is 2.45. The summed E-state index contributed by atoms with van der Waals surface area (Å²) in [6, 6.07) is 8.25. The minimum absolute atomic E-state index is 0. The number of carbonyl (C=O) groups is 1. The van der Waals surface area contributed by atoms with Crippen molar-refractivity contribution in [3.05, 3.63) is 52.5 Å². The van der Waals surface area contributed by atoms with E-state index >= 15 is 0 Å². The lowest BCUT2D eigenvalue weighted by atomic mass is 10.1. The normalized spacial score (nSPS) is 13.3. The number of nitrogens with one attached hydrogen (secondary N) is 2. The lowest BCUT2D eigenvalue weighted by Crippen LogP contribution is -2.28. The molecule has 1 amide bonds. The highest BCUT2D eigenvalue weighted by molar-refractivity contribution is 6.02. The van der Waals surface area contributed by atoms with Crippen molar-refractivity contribution >= 4 is 29.2 Å². The molecule has 0 saturated heterocycles. The van der Waals surface area contributed by atoms with Crippen LogP contribution >= 0.6 is 12.4 Å². The van der Waals surface area contributed by atoms with Crippen LogP contribution in [-0.2, 0) is 26.7 Å². The van der Waals surface area contributed by atoms with E-state index in [-0.39, 0.29) is 18.3 Å². The van der Waals surface area contributed by atoms with Gasteiger partial charge in [0.1, 0.15) is 5.69 Å². The first kappa shape index (κ1) is 18.5. The van der Waals surface area contributed by atoms with Crippen LogP contribution in [0.2, 0.25) is 0 Å². The van der Waals surface area contributed by atoms with E-state index in [4.69, 9.17) is 0 Å². The van der Waals surface area contributed by atoms with Gasteiger partial charge in [0.25, 0.3) is 5.91 Å². The second-order valence-electron chi connectivity index (χ2n) is 6.71. The molecule has 2 aromatic heterocycles. The van der Waals surface area contributed by atoms with Crippen molar-refractivity contribution < 1.29 is 4.79 Å². The monoisotopic (exact) mass is 373 g/mol. The third-order valence-corrected chi connectivity index (χ3v) is 5.03. The number of aryl methyl sites for hydroxylation is 3. The Morgan fingerprint density at radius 3 is 2.88 bits per heavy atom. The number of para-hydroxylation sites is 1. The smallest absolute Gasteiger partial charge is 0.268 e. The lowest BCUT2D eigenvalue weighted by molar-refractivity contribution is 0.0942. The van der Waals surface area contributed by atoms with E-state index in [9.17, 15) is 4.79 Å². The molecule has 1 aliphatic heterocycles. The van der Waals surface area contributed by atoms with E-state index < -0.39 is 0 Å². The van der Waals surface area contributed by atoms with Crippen molar-refractivity contribution in [2.75, 3.05) is 6.54 Å². The molecule has 4 rings (SSSR count). The van der Waals surface area contributed by atoms with Gasteiger partial charge < -0.3 is 15.2 Å². The summed E-state index contributed by atoms with van der Waals surface area (Å²) < 4.78 is 4.01. The van der Waals surface area contributed by atoms with Gasteiger partial charge in [0.2, 0.25) is 0 Å². The largest absolute Gasteiger partial charge is 0.345 e. The zero-order valence-corrected chi connectivity index (χ0v) is 16.1. The van der Waals surface area contributed by atoms with Crippen molar-refractivity contribution in [3.63, 3.8) is 0 Å². The molecule has 0 saturated carbocycles. The van der Waals surface area contributed by atoms with Gasteiger partial charge in [-0.1, -0.05) is 18.2 Å². The Balaban J connectivity index is 0.00000196. The van der Waals surface area contributed by atoms with Gasteiger partial charge in [-0.2, -0.15) is 5.10 Å². The fourth-order valence-corrected chi connectivity index (χ4v) is 3.81. The Bertz CT molecular complexity index is 949. The Hall–Kier alpha value is -2.31. The number of amides is 1. The Morgan fingerprint density at radius 2 is 2.15 bits per heavy atom. The van der Waals surface area contributed by atoms with Crippen LogP contribution in [0.4, 0.5) is 0 Å². The minimum Gasteiger partial charge on any atom is -0.345 e. The number of carbonyl (C=O) groups excluding carboxylic acids is 1. The second-order valence-corrected chi connectivity index (χ2v) is 6.71. The molecule has 0 fully saturated rings. The fourth-order valence-electron chi connectivity index (χ4n) is 3.81. The van der Waals surface area contributed by atoms with Gasteiger partial charge in [0.05, 0.1) is 30.0 Å². The maximum absolute atomic E-state index is 12.8. The van der Waals surface area contributed by atoms with E-state index in [1.54, 1.807) is 0 Å². The molecule has 3 aromatic rings. The molecule has 1 aliphatic rings. The molecule has 0 bridgehead atoms. The minimum atomic E-state index is -0.0558. The van der Waals surface area contributed by atoms with Crippen molar-refractivity contribution in [1.29, 1.82) is 0 Å². The molecule has 1 aromatic carbocycles. The molecule has 6 nitrogen and oxygen atoms in total. The average molecular weight is 374 g/mol. The van der Waals surface area contributed by atoms with E-state index in [1.807, 2.05) is 29.3 Å². The van der Waals surface area contributed by atoms with Crippen molar-refractivity contribution in [2.24, 2.45) is 7.05 Å². The molecule has 0 aliphatic carbocycles. The van der Waals surface area contributed by atoms with Crippen molar-refractivity contribution in [1.82, 2.24) is 25.0 Å². The highest BCUT2D eigenvalue weighted by Crippen LogP contribution is 2.27. The number of rotatable bonds is 3. The molecule has 138 valence electrons. The molecule has 2 N–H and O–H groups in total. The first-order valence-corrected chi connectivity index (χ1v) is 8.65. The number of halogens is 1. The van der Waals surface area contributed by atoms with Gasteiger partial charge >= 0.3 is 0 Å². The van der Waals surface area contributed by atoms with Crippen LogP contribution in [0.1, 0.15) is 33.0 Å². The molecule has 26 heavy (non-hydrogen) atoms. The average Bonchev–Trinajstić information content (AvgIpc) is 3.13. The van der Waals surface area contributed by atoms with Crippen LogP contribution in [0.25, 0.3) is 10.9 Å². The summed E-state index contributed by atoms with van der Waals surface area (Å²) >= 11 is 0. The summed E-state index contributed by atoms with van der Waals surface area (Å²) in [5, 5.41) is 12.1. The standard InChI is InChI=1S/C19H23N5O.ClH/c1-12-5-4-6-16-13(2)18(23(3)17(12)16)19(25)21-10-14-9-15-11-20-7-8-24(15)22-14;/h4-6,9,20H,7-8,10-11H2,1-3H3,(H,21,25);1H. The highest BCUT2D eigenvalue weighted by atomic mass is 35.5. The third-order valence-electron chi connectivity index (χ3n) is 5.03. The first-order chi connectivity index (χ1) is 12.1. The van der Waals surface area contributed by atoms with Crippen LogP contribution in [0, 0.1) is 13.8 Å². The zero-order valence-electron chi connectivity index (χ0n) is 15.3. The molecule has 7 heteroatoms. The van der Waals surface area contributed by atoms with Crippen LogP contribution in [0.5, 0.6) is 0 Å². The van der Waals surface area contributed by atoms with Crippen molar-refractivity contribution in [3.8, 4) is 0 Å². The number of hydrogen-bond acceptors (Lipinski definition) is 3. The van der Waals surface area contributed by atoms with Crippen LogP contribution in [0.15, 0.2) is 24.3 Å². The van der Waals surface area contributed by atoms with Gasteiger partial charge in [-0.3, -0.25) is 9.48 Å². The summed E-state index contributed by atoms with van der Waals surface area (Å²) in [6.07, 6.45) is 0. The Labute approximate surface area is 159 Å². The molecule has 3 heterocycles. The SMILES string of the molecule is Cc1c(C(=O)NCc2cc3n(n2)CCNC3)n(C)c2c(C)cccc12.Cl. The number of fused-ring (bicyclic) bond motifs is 2. The third kappa shape index (κ3) is 2.99. The molecule has 0 unspecified atom stereocenters. The lowest BCUT2D eigenvalue weighted by Gasteiger charge is -2.13. The summed E-state index contributed by atoms with van der Waals surface area (Å²) in [5.41, 5.74) is 6.11. The zero-order chi connectivity index (χ0) is 17.6. The Kier molecular flexibility index (Phi) is 5.07. The van der Waals surface area contributed by atoms with Crippen molar-refractivity contribution in [2.45, 2.75) is 33.5 Å². The number of aromatic nitrogens is 3. The fraction of sp³-hybridized carbons (Fsp3) is 0.368. The number of hydrogen-bond donors (Lipinski definition) is 2. The molecule has 0 spiro atoms. The topological polar surface area (TPSA) is 63.9 Å². The molecule has 0 radical (unpaired) electrons. The summed E-state index contributed by atoms with van der Waals surface area (Å²) in [6.45, 7) is 7.19. The first-order valence-electron chi connectivity index (χ1n) is 8.65. The molecule has 0 atom stereocenters. The summed E-state index contributed by atoms with van der Waals surface area (Å²) in [4.78, 5) is 12.8. The van der Waals surface area contributed by atoms with Gasteiger partial charge in [0, 0.05) is 25.5 Å². The van der Waals surface area contributed by atoms with Crippen LogP contribution < -0.4 is 10.6 Å². The summed E-state index contributed by atoms with van der Waals surface area (Å²) in [5.74, 6) is -0.0558. The summed E-state index contributed by atoms with van der Waals surface area (Å²) in [7, 11) is 1.96. The van der Waals surface area contributed by atoms with Crippen LogP contribution in [0.3, 0.4) is 0 Å². The van der Waals surface area contributed by atoms with Gasteiger partial charge in [-0.15, -0.1) is 12.4 Å². The van der Waals surface area contributed by atoms with Gasteiger partial charge in [-0.05, 0) is 31.0 Å². The molecular formula is C19H24ClN5O. The maximum Gasteiger partial charge on any atom is 0.268 e. The van der Waals surface area contributed by atoms with E-state index in [2.05, 4.69) is 40.9 Å². The van der Waals surface area contributed by atoms with Gasteiger partial charge in [-0.25, -0.2) is 0 Å². The Morgan fingerprint density at radius 1 is 1.35 bits per heavy atom. The predicted molar refractivity (Wildman–Crippen MR) is 105 cm³/mol. The second kappa shape index (κ2) is 7.13.